The summed E-state index contributed by atoms with van der Waals surface area (Å²) in [6, 6.07) is 17.4. The third-order valence-corrected chi connectivity index (χ3v) is 7.13. The van der Waals surface area contributed by atoms with Crippen molar-refractivity contribution in [3.8, 4) is 17.1 Å². The number of nitrogens with two attached hydrogens (primary N) is 2. The number of carbonyl (C=O) groups excluding carboxylic acids is 1. The van der Waals surface area contributed by atoms with E-state index >= 15 is 0 Å². The van der Waals surface area contributed by atoms with E-state index in [0.29, 0.717) is 36.1 Å². The fourth-order valence-corrected chi connectivity index (χ4v) is 4.96. The number of benzene rings is 1. The van der Waals surface area contributed by atoms with Crippen LogP contribution in [-0.2, 0) is 6.54 Å². The molecule has 40 heavy (non-hydrogen) atoms. The van der Waals surface area contributed by atoms with Crippen molar-refractivity contribution in [2.75, 3.05) is 31.9 Å². The van der Waals surface area contributed by atoms with Crippen LogP contribution in [0.4, 0.5) is 5.82 Å². The highest BCUT2D eigenvalue weighted by Gasteiger charge is 2.24. The molecule has 1 aliphatic rings. The largest absolute Gasteiger partial charge is 0.383 e. The molecular formula is C29H30N10O. The average Bonchev–Trinajstić information content (AvgIpc) is 3.37. The lowest BCUT2D eigenvalue weighted by Crippen LogP contribution is -2.48. The Hall–Kier alpha value is -4.74. The number of amides is 1. The van der Waals surface area contributed by atoms with Gasteiger partial charge in [-0.2, -0.15) is 0 Å². The zero-order valence-electron chi connectivity index (χ0n) is 22.2. The summed E-state index contributed by atoms with van der Waals surface area (Å²) in [7, 11) is 0. The molecule has 202 valence electrons. The van der Waals surface area contributed by atoms with Crippen LogP contribution < -0.4 is 11.5 Å². The van der Waals surface area contributed by atoms with E-state index in [9.17, 15) is 4.79 Å². The molecule has 1 aromatic carbocycles. The van der Waals surface area contributed by atoms with Gasteiger partial charge in [-0.05, 0) is 55.0 Å². The molecule has 11 heteroatoms. The first kappa shape index (κ1) is 25.5. The van der Waals surface area contributed by atoms with Crippen molar-refractivity contribution < 1.29 is 4.79 Å². The number of rotatable bonds is 6. The van der Waals surface area contributed by atoms with Crippen LogP contribution in [0.25, 0.3) is 28.2 Å². The Bertz CT molecular complexity index is 1660. The van der Waals surface area contributed by atoms with Gasteiger partial charge in [-0.1, -0.05) is 12.1 Å². The molecule has 0 spiro atoms. The van der Waals surface area contributed by atoms with Crippen molar-refractivity contribution in [1.29, 1.82) is 0 Å². The van der Waals surface area contributed by atoms with Gasteiger partial charge < -0.3 is 16.4 Å². The first-order valence-corrected chi connectivity index (χ1v) is 13.2. The van der Waals surface area contributed by atoms with Gasteiger partial charge in [0, 0.05) is 56.8 Å². The van der Waals surface area contributed by atoms with Gasteiger partial charge in [0.05, 0.1) is 11.3 Å². The Morgan fingerprint density at radius 3 is 2.45 bits per heavy atom. The molecule has 1 unspecified atom stereocenters. The minimum atomic E-state index is -0.249. The maximum Gasteiger partial charge on any atom is 0.272 e. The summed E-state index contributed by atoms with van der Waals surface area (Å²) in [5, 5.41) is 0. The maximum absolute atomic E-state index is 13.0. The molecule has 0 radical (unpaired) electrons. The molecule has 11 nitrogen and oxygen atoms in total. The first-order chi connectivity index (χ1) is 19.5. The van der Waals surface area contributed by atoms with Gasteiger partial charge in [-0.25, -0.2) is 24.9 Å². The van der Waals surface area contributed by atoms with E-state index < -0.39 is 0 Å². The minimum absolute atomic E-state index is 0.0838. The van der Waals surface area contributed by atoms with E-state index in [1.807, 2.05) is 40.7 Å². The maximum atomic E-state index is 13.0. The van der Waals surface area contributed by atoms with Gasteiger partial charge in [-0.3, -0.25) is 14.3 Å². The SMILES string of the molecule is CC(N)c1cc(C(=O)N2CCN(Cc3ccc(-n4c(-c5cccnc5N)nc5cccnc54)cc3)CC2)ncn1. The predicted octanol–water partition coefficient (Wildman–Crippen LogP) is 2.83. The topological polar surface area (TPSA) is 145 Å². The molecule has 4 aromatic heterocycles. The summed E-state index contributed by atoms with van der Waals surface area (Å²) < 4.78 is 2.01. The lowest BCUT2D eigenvalue weighted by atomic mass is 10.1. The number of pyridine rings is 2. The highest BCUT2D eigenvalue weighted by atomic mass is 16.2. The van der Waals surface area contributed by atoms with Crippen LogP contribution >= 0.6 is 0 Å². The number of carbonyl (C=O) groups is 1. The van der Waals surface area contributed by atoms with Crippen LogP contribution in [0.2, 0.25) is 0 Å². The van der Waals surface area contributed by atoms with E-state index in [1.165, 1.54) is 11.9 Å². The third-order valence-electron chi connectivity index (χ3n) is 7.13. The monoisotopic (exact) mass is 534 g/mol. The number of piperazine rings is 1. The summed E-state index contributed by atoms with van der Waals surface area (Å²) >= 11 is 0. The van der Waals surface area contributed by atoms with Crippen LogP contribution in [-0.4, -0.2) is 71.4 Å². The molecule has 0 bridgehead atoms. The van der Waals surface area contributed by atoms with Crippen LogP contribution in [0.5, 0.6) is 0 Å². The minimum Gasteiger partial charge on any atom is -0.383 e. The van der Waals surface area contributed by atoms with Gasteiger partial charge in [0.1, 0.15) is 23.4 Å². The molecule has 1 aliphatic heterocycles. The van der Waals surface area contributed by atoms with Crippen LogP contribution in [0.15, 0.2) is 73.3 Å². The lowest BCUT2D eigenvalue weighted by molar-refractivity contribution is 0.0622. The first-order valence-electron chi connectivity index (χ1n) is 13.2. The molecule has 1 amide bonds. The standard InChI is InChI=1S/C29H30N10O/c1-19(30)24-16-25(35-18-34-24)29(40)38-14-12-37(13-15-38)17-20-6-8-21(9-7-20)39-27(22-4-2-10-32-26(22)31)36-23-5-3-11-33-28(23)39/h2-11,16,18-19H,12-15,17,30H2,1H3,(H2,31,32). The number of nitrogen functional groups attached to an aromatic ring is 1. The van der Waals surface area contributed by atoms with Crippen LogP contribution in [0.3, 0.4) is 0 Å². The van der Waals surface area contributed by atoms with Crippen molar-refractivity contribution >= 4 is 22.9 Å². The third kappa shape index (κ3) is 4.99. The number of imidazole rings is 1. The van der Waals surface area contributed by atoms with Gasteiger partial charge >= 0.3 is 0 Å². The van der Waals surface area contributed by atoms with E-state index in [1.54, 1.807) is 18.5 Å². The highest BCUT2D eigenvalue weighted by Crippen LogP contribution is 2.30. The van der Waals surface area contributed by atoms with Crippen LogP contribution in [0.1, 0.15) is 34.7 Å². The number of aromatic nitrogens is 6. The van der Waals surface area contributed by atoms with E-state index in [4.69, 9.17) is 16.5 Å². The van der Waals surface area contributed by atoms with Crippen molar-refractivity contribution in [2.45, 2.75) is 19.5 Å². The number of anilines is 1. The second kappa shape index (κ2) is 10.8. The fourth-order valence-electron chi connectivity index (χ4n) is 4.96. The Balaban J connectivity index is 1.16. The molecule has 0 aliphatic carbocycles. The summed E-state index contributed by atoms with van der Waals surface area (Å²) in [5.41, 5.74) is 17.6. The summed E-state index contributed by atoms with van der Waals surface area (Å²) in [6.07, 6.45) is 4.84. The van der Waals surface area contributed by atoms with Crippen LogP contribution in [0, 0.1) is 0 Å². The van der Waals surface area contributed by atoms with Crippen molar-refractivity contribution in [3.05, 3.63) is 90.3 Å². The number of fused-ring (bicyclic) bond motifs is 1. The summed E-state index contributed by atoms with van der Waals surface area (Å²) in [6.45, 7) is 5.45. The molecule has 5 aromatic rings. The van der Waals surface area contributed by atoms with Crippen molar-refractivity contribution in [3.63, 3.8) is 0 Å². The molecule has 1 fully saturated rings. The highest BCUT2D eigenvalue weighted by molar-refractivity contribution is 5.92. The normalized spacial score (nSPS) is 14.9. The van der Waals surface area contributed by atoms with Gasteiger partial charge in [-0.15, -0.1) is 0 Å². The Morgan fingerprint density at radius 1 is 0.950 bits per heavy atom. The van der Waals surface area contributed by atoms with Gasteiger partial charge in [0.15, 0.2) is 11.5 Å². The van der Waals surface area contributed by atoms with Crippen molar-refractivity contribution in [1.82, 2.24) is 39.3 Å². The quantitative estimate of drug-likeness (QED) is 0.336. The smallest absolute Gasteiger partial charge is 0.272 e. The Labute approximate surface area is 231 Å². The van der Waals surface area contributed by atoms with Gasteiger partial charge in [0.2, 0.25) is 0 Å². The second-order valence-electron chi connectivity index (χ2n) is 9.90. The van der Waals surface area contributed by atoms with E-state index in [2.05, 4.69) is 49.1 Å². The number of hydrogen-bond donors (Lipinski definition) is 2. The molecule has 6 rings (SSSR count). The molecule has 1 atom stereocenters. The number of nitrogens with zero attached hydrogens (tertiary/aromatic N) is 8. The predicted molar refractivity (Wildman–Crippen MR) is 152 cm³/mol. The number of hydrogen-bond acceptors (Lipinski definition) is 9. The second-order valence-corrected chi connectivity index (χ2v) is 9.90. The van der Waals surface area contributed by atoms with E-state index in [-0.39, 0.29) is 11.9 Å². The molecule has 0 saturated carbocycles. The Morgan fingerprint density at radius 2 is 1.70 bits per heavy atom. The molecule has 5 heterocycles. The zero-order valence-corrected chi connectivity index (χ0v) is 22.2. The van der Waals surface area contributed by atoms with Crippen molar-refractivity contribution in [2.24, 2.45) is 5.73 Å². The van der Waals surface area contributed by atoms with E-state index in [0.717, 1.165) is 42.0 Å². The molecule has 4 N–H and O–H groups in total. The average molecular weight is 535 g/mol. The molecule has 1 saturated heterocycles. The molecular weight excluding hydrogens is 504 g/mol. The van der Waals surface area contributed by atoms with Gasteiger partial charge in [0.25, 0.3) is 5.91 Å². The summed E-state index contributed by atoms with van der Waals surface area (Å²) in [5.74, 6) is 1.03. The lowest BCUT2D eigenvalue weighted by Gasteiger charge is -2.34. The zero-order chi connectivity index (χ0) is 27.6. The Kier molecular flexibility index (Phi) is 6.89. The fraction of sp³-hybridized carbons (Fsp3) is 0.241. The summed E-state index contributed by atoms with van der Waals surface area (Å²) in [4.78, 5) is 39.2.